The van der Waals surface area contributed by atoms with Crippen molar-refractivity contribution in [2.45, 2.75) is 66.0 Å². The Kier molecular flexibility index (Phi) is 4.12. The van der Waals surface area contributed by atoms with Gasteiger partial charge in [0.05, 0.1) is 0 Å². The van der Waals surface area contributed by atoms with Crippen molar-refractivity contribution in [3.63, 3.8) is 0 Å². The van der Waals surface area contributed by atoms with E-state index in [-0.39, 0.29) is 35.2 Å². The molecule has 2 rings (SSSR count). The van der Waals surface area contributed by atoms with Crippen LogP contribution in [-0.2, 0) is 9.59 Å². The van der Waals surface area contributed by atoms with Gasteiger partial charge in [0.25, 0.3) is 0 Å². The van der Waals surface area contributed by atoms with Gasteiger partial charge >= 0.3 is 0 Å². The molecule has 0 aromatic rings. The second-order valence-corrected chi connectivity index (χ2v) is 7.76. The Morgan fingerprint density at radius 2 is 1.80 bits per heavy atom. The summed E-state index contributed by atoms with van der Waals surface area (Å²) in [7, 11) is 0. The van der Waals surface area contributed by atoms with Gasteiger partial charge in [0, 0.05) is 13.1 Å². The highest BCUT2D eigenvalue weighted by atomic mass is 16.2. The Bertz CT molecular complexity index is 398. The van der Waals surface area contributed by atoms with Gasteiger partial charge in [-0.2, -0.15) is 0 Å². The number of hydrogen-bond donors (Lipinski definition) is 0. The van der Waals surface area contributed by atoms with E-state index in [0.717, 1.165) is 25.8 Å². The SMILES string of the molecule is CC(C)C1C(=O)N2CCCCC2C(=O)N1CC(C)(C)C. The molecule has 0 aromatic carbocycles. The molecule has 0 radical (unpaired) electrons. The molecule has 2 aliphatic rings. The first-order chi connectivity index (χ1) is 9.22. The van der Waals surface area contributed by atoms with E-state index in [9.17, 15) is 9.59 Å². The van der Waals surface area contributed by atoms with Crippen molar-refractivity contribution in [3.8, 4) is 0 Å². The third-order valence-corrected chi connectivity index (χ3v) is 4.22. The lowest BCUT2D eigenvalue weighted by Gasteiger charge is -2.49. The Hall–Kier alpha value is -1.06. The van der Waals surface area contributed by atoms with E-state index >= 15 is 0 Å². The van der Waals surface area contributed by atoms with Crippen molar-refractivity contribution in [2.75, 3.05) is 13.1 Å². The highest BCUT2D eigenvalue weighted by Crippen LogP contribution is 2.31. The smallest absolute Gasteiger partial charge is 0.246 e. The first-order valence-electron chi connectivity index (χ1n) is 7.83. The van der Waals surface area contributed by atoms with Crippen LogP contribution in [0.4, 0.5) is 0 Å². The Morgan fingerprint density at radius 3 is 2.35 bits per heavy atom. The lowest BCUT2D eigenvalue weighted by molar-refractivity contribution is -0.167. The Morgan fingerprint density at radius 1 is 1.15 bits per heavy atom. The molecule has 2 fully saturated rings. The molecule has 2 amide bonds. The van der Waals surface area contributed by atoms with Crippen molar-refractivity contribution in [3.05, 3.63) is 0 Å². The van der Waals surface area contributed by atoms with Gasteiger partial charge in [-0.15, -0.1) is 0 Å². The van der Waals surface area contributed by atoms with Crippen molar-refractivity contribution >= 4 is 11.8 Å². The summed E-state index contributed by atoms with van der Waals surface area (Å²) in [4.78, 5) is 29.3. The van der Waals surface area contributed by atoms with Crippen molar-refractivity contribution in [1.82, 2.24) is 9.80 Å². The van der Waals surface area contributed by atoms with Gasteiger partial charge in [-0.05, 0) is 30.6 Å². The van der Waals surface area contributed by atoms with Crippen LogP contribution in [0.2, 0.25) is 0 Å². The third-order valence-electron chi connectivity index (χ3n) is 4.22. The summed E-state index contributed by atoms with van der Waals surface area (Å²) in [6.07, 6.45) is 2.91. The van der Waals surface area contributed by atoms with Gasteiger partial charge < -0.3 is 9.80 Å². The molecule has 2 aliphatic heterocycles. The molecule has 4 nitrogen and oxygen atoms in total. The van der Waals surface area contributed by atoms with E-state index in [2.05, 4.69) is 20.8 Å². The number of fused-ring (bicyclic) bond motifs is 1. The molecule has 0 aliphatic carbocycles. The van der Waals surface area contributed by atoms with Gasteiger partial charge in [0.15, 0.2) is 0 Å². The molecule has 20 heavy (non-hydrogen) atoms. The van der Waals surface area contributed by atoms with Crippen LogP contribution in [0.3, 0.4) is 0 Å². The summed E-state index contributed by atoms with van der Waals surface area (Å²) in [5, 5.41) is 0. The topological polar surface area (TPSA) is 40.6 Å². The molecular weight excluding hydrogens is 252 g/mol. The Balaban J connectivity index is 2.31. The summed E-state index contributed by atoms with van der Waals surface area (Å²) >= 11 is 0. The number of amides is 2. The monoisotopic (exact) mass is 280 g/mol. The van der Waals surface area contributed by atoms with Crippen LogP contribution in [0, 0.1) is 11.3 Å². The second-order valence-electron chi connectivity index (χ2n) is 7.76. The fourth-order valence-corrected chi connectivity index (χ4v) is 3.42. The molecule has 114 valence electrons. The first kappa shape index (κ1) is 15.3. The van der Waals surface area contributed by atoms with Crippen molar-refractivity contribution in [1.29, 1.82) is 0 Å². The molecule has 0 bridgehead atoms. The van der Waals surface area contributed by atoms with E-state index in [1.54, 1.807) is 0 Å². The van der Waals surface area contributed by atoms with Crippen molar-refractivity contribution < 1.29 is 9.59 Å². The van der Waals surface area contributed by atoms with Crippen LogP contribution in [0.15, 0.2) is 0 Å². The summed E-state index contributed by atoms with van der Waals surface area (Å²) in [6.45, 7) is 11.8. The van der Waals surface area contributed by atoms with Crippen LogP contribution in [0.5, 0.6) is 0 Å². The average molecular weight is 280 g/mol. The first-order valence-corrected chi connectivity index (χ1v) is 7.83. The van der Waals surface area contributed by atoms with E-state index < -0.39 is 0 Å². The highest BCUT2D eigenvalue weighted by Gasteiger charge is 2.48. The number of piperidine rings is 1. The summed E-state index contributed by atoms with van der Waals surface area (Å²) < 4.78 is 0. The maximum Gasteiger partial charge on any atom is 0.246 e. The number of rotatable bonds is 2. The van der Waals surface area contributed by atoms with Gasteiger partial charge in [-0.3, -0.25) is 9.59 Å². The molecular formula is C16H28N2O2. The van der Waals surface area contributed by atoms with Crippen LogP contribution in [0.1, 0.15) is 53.9 Å². The zero-order valence-corrected chi connectivity index (χ0v) is 13.5. The zero-order valence-electron chi connectivity index (χ0n) is 13.5. The number of hydrogen-bond acceptors (Lipinski definition) is 2. The minimum Gasteiger partial charge on any atom is -0.329 e. The molecule has 0 spiro atoms. The Labute approximate surface area is 122 Å². The van der Waals surface area contributed by atoms with Gasteiger partial charge in [0.1, 0.15) is 12.1 Å². The second kappa shape index (κ2) is 5.38. The summed E-state index contributed by atoms with van der Waals surface area (Å²) in [5.41, 5.74) is 0.0138. The van der Waals surface area contributed by atoms with Crippen LogP contribution in [-0.4, -0.2) is 46.8 Å². The zero-order chi connectivity index (χ0) is 15.1. The minimum absolute atomic E-state index is 0.0138. The normalized spacial score (nSPS) is 28.1. The standard InChI is InChI=1S/C16H28N2O2/c1-11(2)13-15(20)17-9-7-6-8-12(17)14(19)18(13)10-16(3,4)5/h11-13H,6-10H2,1-5H3. The fraction of sp³-hybridized carbons (Fsp3) is 0.875. The van der Waals surface area contributed by atoms with Gasteiger partial charge in [0.2, 0.25) is 11.8 Å². The van der Waals surface area contributed by atoms with Crippen LogP contribution >= 0.6 is 0 Å². The number of nitrogens with zero attached hydrogens (tertiary/aromatic N) is 2. The molecule has 2 atom stereocenters. The number of carbonyl (C=O) groups is 2. The minimum atomic E-state index is -0.281. The predicted molar refractivity (Wildman–Crippen MR) is 79.1 cm³/mol. The van der Waals surface area contributed by atoms with Crippen LogP contribution in [0.25, 0.3) is 0 Å². The van der Waals surface area contributed by atoms with E-state index in [4.69, 9.17) is 0 Å². The molecule has 0 aromatic heterocycles. The molecule has 2 heterocycles. The average Bonchev–Trinajstić information content (AvgIpc) is 2.34. The molecule has 0 N–H and O–H groups in total. The maximum atomic E-state index is 12.8. The maximum absolute atomic E-state index is 12.8. The third kappa shape index (κ3) is 2.84. The van der Waals surface area contributed by atoms with E-state index in [1.807, 2.05) is 23.6 Å². The number of carbonyl (C=O) groups excluding carboxylic acids is 2. The quantitative estimate of drug-likeness (QED) is 0.778. The molecule has 0 saturated carbocycles. The van der Waals surface area contributed by atoms with Crippen LogP contribution < -0.4 is 0 Å². The van der Waals surface area contributed by atoms with Crippen molar-refractivity contribution in [2.24, 2.45) is 11.3 Å². The fourth-order valence-electron chi connectivity index (χ4n) is 3.42. The largest absolute Gasteiger partial charge is 0.329 e. The highest BCUT2D eigenvalue weighted by molar-refractivity contribution is 5.97. The van der Waals surface area contributed by atoms with E-state index in [1.165, 1.54) is 0 Å². The van der Waals surface area contributed by atoms with Gasteiger partial charge in [-0.1, -0.05) is 34.6 Å². The molecule has 4 heteroatoms. The number of piperazine rings is 1. The summed E-state index contributed by atoms with van der Waals surface area (Å²) in [6, 6.07) is -0.482. The van der Waals surface area contributed by atoms with E-state index in [0.29, 0.717) is 6.54 Å². The van der Waals surface area contributed by atoms with Gasteiger partial charge in [-0.25, -0.2) is 0 Å². The summed E-state index contributed by atoms with van der Waals surface area (Å²) in [5.74, 6) is 0.489. The molecule has 2 saturated heterocycles. The predicted octanol–water partition coefficient (Wildman–Crippen LogP) is 2.28. The lowest BCUT2D eigenvalue weighted by Crippen LogP contribution is -2.67. The lowest BCUT2D eigenvalue weighted by atomic mass is 9.87. The molecule has 2 unspecified atom stereocenters.